The molecule has 0 saturated heterocycles. The van der Waals surface area contributed by atoms with E-state index in [9.17, 15) is 9.59 Å². The molecule has 1 aliphatic heterocycles. The standard InChI is InChI=1S/C25H35NO2/c1-5-15-24(16-6-2)20-12-10-9-11-19(20)23(25(24,17-7-3)18-8-4)26-21(27)13-14-22(26)28/h9-14,23H,5-8,15-18H2,1-4H3/t23-/m1/s1. The minimum absolute atomic E-state index is 0.0208. The van der Waals surface area contributed by atoms with Crippen molar-refractivity contribution in [1.29, 1.82) is 0 Å². The molecule has 0 fully saturated rings. The van der Waals surface area contributed by atoms with Gasteiger partial charge in [0, 0.05) is 23.0 Å². The number of carbonyl (C=O) groups is 2. The van der Waals surface area contributed by atoms with Crippen molar-refractivity contribution in [2.45, 2.75) is 90.5 Å². The molecule has 3 rings (SSSR count). The van der Waals surface area contributed by atoms with Gasteiger partial charge in [-0.25, -0.2) is 0 Å². The third kappa shape index (κ3) is 2.86. The molecule has 2 amide bonds. The summed E-state index contributed by atoms with van der Waals surface area (Å²) < 4.78 is 0. The highest BCUT2D eigenvalue weighted by atomic mass is 16.2. The fourth-order valence-corrected chi connectivity index (χ4v) is 6.57. The molecule has 2 aliphatic rings. The normalized spacial score (nSPS) is 22.1. The summed E-state index contributed by atoms with van der Waals surface area (Å²) in [7, 11) is 0. The average Bonchev–Trinajstić information content (AvgIpc) is 3.10. The lowest BCUT2D eigenvalue weighted by atomic mass is 9.54. The molecular weight excluding hydrogens is 346 g/mol. The van der Waals surface area contributed by atoms with Gasteiger partial charge < -0.3 is 0 Å². The predicted octanol–water partition coefficient (Wildman–Crippen LogP) is 6.09. The van der Waals surface area contributed by atoms with Crippen LogP contribution in [0.15, 0.2) is 36.4 Å². The van der Waals surface area contributed by atoms with Crippen LogP contribution in [0.1, 0.15) is 96.2 Å². The number of hydrogen-bond donors (Lipinski definition) is 0. The molecule has 3 nitrogen and oxygen atoms in total. The van der Waals surface area contributed by atoms with Crippen molar-refractivity contribution in [1.82, 2.24) is 4.90 Å². The van der Waals surface area contributed by atoms with Crippen LogP contribution < -0.4 is 0 Å². The van der Waals surface area contributed by atoms with Crippen LogP contribution in [-0.2, 0) is 15.0 Å². The third-order valence-corrected chi connectivity index (χ3v) is 7.09. The largest absolute Gasteiger partial charge is 0.269 e. The number of amides is 2. The number of benzene rings is 1. The fourth-order valence-electron chi connectivity index (χ4n) is 6.57. The highest BCUT2D eigenvalue weighted by molar-refractivity contribution is 6.13. The van der Waals surface area contributed by atoms with Crippen LogP contribution >= 0.6 is 0 Å². The van der Waals surface area contributed by atoms with E-state index in [1.165, 1.54) is 23.3 Å². The van der Waals surface area contributed by atoms with Gasteiger partial charge in [-0.2, -0.15) is 0 Å². The van der Waals surface area contributed by atoms with Crippen LogP contribution in [0.25, 0.3) is 0 Å². The smallest absolute Gasteiger partial charge is 0.254 e. The van der Waals surface area contributed by atoms with Crippen LogP contribution in [-0.4, -0.2) is 16.7 Å². The van der Waals surface area contributed by atoms with Crippen LogP contribution in [0.4, 0.5) is 0 Å². The lowest BCUT2D eigenvalue weighted by molar-refractivity contribution is -0.145. The molecule has 0 spiro atoms. The molecule has 1 aliphatic carbocycles. The second kappa shape index (κ2) is 8.23. The maximum atomic E-state index is 12.8. The van der Waals surface area contributed by atoms with Crippen molar-refractivity contribution in [3.8, 4) is 0 Å². The third-order valence-electron chi connectivity index (χ3n) is 7.09. The molecule has 0 N–H and O–H groups in total. The Morgan fingerprint density at radius 3 is 1.79 bits per heavy atom. The first-order chi connectivity index (χ1) is 13.5. The summed E-state index contributed by atoms with van der Waals surface area (Å²) in [5.74, 6) is -0.296. The van der Waals surface area contributed by atoms with Crippen LogP contribution in [0, 0.1) is 5.41 Å². The van der Waals surface area contributed by atoms with E-state index in [2.05, 4.69) is 52.0 Å². The summed E-state index contributed by atoms with van der Waals surface area (Å²) >= 11 is 0. The Hall–Kier alpha value is -1.90. The lowest BCUT2D eigenvalue weighted by Gasteiger charge is -2.52. The molecule has 1 heterocycles. The first-order valence-electron chi connectivity index (χ1n) is 11.2. The summed E-state index contributed by atoms with van der Waals surface area (Å²) in [6.07, 6.45) is 11.5. The minimum atomic E-state index is -0.156. The van der Waals surface area contributed by atoms with Gasteiger partial charge in [0.25, 0.3) is 11.8 Å². The Bertz CT molecular complexity index is 734. The van der Waals surface area contributed by atoms with Crippen LogP contribution in [0.5, 0.6) is 0 Å². The van der Waals surface area contributed by atoms with Gasteiger partial charge in [0.05, 0.1) is 6.04 Å². The molecule has 1 aromatic carbocycles. The van der Waals surface area contributed by atoms with E-state index in [4.69, 9.17) is 0 Å². The van der Waals surface area contributed by atoms with E-state index in [1.54, 1.807) is 4.90 Å². The first-order valence-corrected chi connectivity index (χ1v) is 11.2. The average molecular weight is 382 g/mol. The summed E-state index contributed by atoms with van der Waals surface area (Å²) in [5.41, 5.74) is 2.52. The van der Waals surface area contributed by atoms with Gasteiger partial charge >= 0.3 is 0 Å². The number of nitrogens with zero attached hydrogens (tertiary/aromatic N) is 1. The van der Waals surface area contributed by atoms with Crippen molar-refractivity contribution >= 4 is 11.8 Å². The zero-order valence-corrected chi connectivity index (χ0v) is 18.0. The molecule has 0 aromatic heterocycles. The van der Waals surface area contributed by atoms with Gasteiger partial charge in [-0.05, 0) is 36.8 Å². The first kappa shape index (κ1) is 20.8. The lowest BCUT2D eigenvalue weighted by Crippen LogP contribution is -2.50. The maximum Gasteiger partial charge on any atom is 0.254 e. The zero-order valence-electron chi connectivity index (χ0n) is 18.0. The Labute approximate surface area is 170 Å². The van der Waals surface area contributed by atoms with Crippen molar-refractivity contribution < 1.29 is 9.59 Å². The topological polar surface area (TPSA) is 37.4 Å². The van der Waals surface area contributed by atoms with Crippen molar-refractivity contribution in [3.05, 3.63) is 47.5 Å². The second-order valence-corrected chi connectivity index (χ2v) is 8.61. The quantitative estimate of drug-likeness (QED) is 0.485. The molecule has 0 bridgehead atoms. The van der Waals surface area contributed by atoms with Gasteiger partial charge in [0.2, 0.25) is 0 Å². The molecule has 0 saturated carbocycles. The van der Waals surface area contributed by atoms with Crippen molar-refractivity contribution in [2.24, 2.45) is 5.41 Å². The SMILES string of the molecule is CCCC1(CCC)c2ccccc2[C@@H](N2C(=O)C=CC2=O)C1(CCC)CCC. The van der Waals surface area contributed by atoms with Crippen molar-refractivity contribution in [2.75, 3.05) is 0 Å². The summed E-state index contributed by atoms with van der Waals surface area (Å²) in [4.78, 5) is 27.2. The van der Waals surface area contributed by atoms with Gasteiger partial charge in [-0.3, -0.25) is 14.5 Å². The van der Waals surface area contributed by atoms with Gasteiger partial charge in [-0.15, -0.1) is 0 Å². The van der Waals surface area contributed by atoms with E-state index in [0.717, 1.165) is 51.4 Å². The summed E-state index contributed by atoms with van der Waals surface area (Å²) in [6, 6.07) is 8.50. The summed E-state index contributed by atoms with van der Waals surface area (Å²) in [6.45, 7) is 9.02. The number of imide groups is 1. The molecule has 152 valence electrons. The fraction of sp³-hybridized carbons (Fsp3) is 0.600. The molecule has 28 heavy (non-hydrogen) atoms. The van der Waals surface area contributed by atoms with Gasteiger partial charge in [0.1, 0.15) is 0 Å². The molecule has 0 unspecified atom stereocenters. The van der Waals surface area contributed by atoms with E-state index in [0.29, 0.717) is 0 Å². The second-order valence-electron chi connectivity index (χ2n) is 8.61. The maximum absolute atomic E-state index is 12.8. The Morgan fingerprint density at radius 2 is 1.29 bits per heavy atom. The number of rotatable bonds is 9. The Kier molecular flexibility index (Phi) is 6.12. The Balaban J connectivity index is 2.32. The van der Waals surface area contributed by atoms with Crippen LogP contribution in [0.3, 0.4) is 0 Å². The molecule has 0 radical (unpaired) electrons. The van der Waals surface area contributed by atoms with Gasteiger partial charge in [-0.1, -0.05) is 77.6 Å². The predicted molar refractivity (Wildman–Crippen MR) is 114 cm³/mol. The Morgan fingerprint density at radius 1 is 0.786 bits per heavy atom. The monoisotopic (exact) mass is 381 g/mol. The summed E-state index contributed by atoms with van der Waals surface area (Å²) in [5, 5.41) is 0. The molecular formula is C25H35NO2. The molecule has 3 heteroatoms. The molecule has 1 atom stereocenters. The number of carbonyl (C=O) groups excluding carboxylic acids is 2. The van der Waals surface area contributed by atoms with Crippen LogP contribution in [0.2, 0.25) is 0 Å². The van der Waals surface area contributed by atoms with E-state index < -0.39 is 0 Å². The van der Waals surface area contributed by atoms with Crippen molar-refractivity contribution in [3.63, 3.8) is 0 Å². The van der Waals surface area contributed by atoms with E-state index >= 15 is 0 Å². The zero-order chi connectivity index (χ0) is 20.4. The van der Waals surface area contributed by atoms with E-state index in [1.807, 2.05) is 0 Å². The highest BCUT2D eigenvalue weighted by Gasteiger charge is 2.63. The highest BCUT2D eigenvalue weighted by Crippen LogP contribution is 2.67. The molecule has 1 aromatic rings. The van der Waals surface area contributed by atoms with E-state index in [-0.39, 0.29) is 28.7 Å². The number of fused-ring (bicyclic) bond motifs is 1. The van der Waals surface area contributed by atoms with Gasteiger partial charge in [0.15, 0.2) is 0 Å². The minimum Gasteiger partial charge on any atom is -0.269 e. The number of hydrogen-bond acceptors (Lipinski definition) is 2.